The molecule has 8 heteroatoms. The van der Waals surface area contributed by atoms with Gasteiger partial charge in [-0.25, -0.2) is 0 Å². The van der Waals surface area contributed by atoms with Crippen molar-refractivity contribution < 1.29 is 4.79 Å². The zero-order valence-electron chi connectivity index (χ0n) is 17.9. The summed E-state index contributed by atoms with van der Waals surface area (Å²) < 4.78 is 0.881. The number of thiocarbonyl (C=S) groups is 1. The first-order chi connectivity index (χ1) is 16.0. The van der Waals surface area contributed by atoms with Gasteiger partial charge in [-0.15, -0.1) is 0 Å². The highest BCUT2D eigenvalue weighted by Gasteiger charge is 2.18. The molecule has 1 aliphatic heterocycles. The van der Waals surface area contributed by atoms with Crippen LogP contribution in [0.15, 0.2) is 72.8 Å². The van der Waals surface area contributed by atoms with Crippen LogP contribution in [0.25, 0.3) is 0 Å². The Morgan fingerprint density at radius 1 is 0.939 bits per heavy atom. The lowest BCUT2D eigenvalue weighted by Gasteiger charge is -2.36. The van der Waals surface area contributed by atoms with Gasteiger partial charge in [-0.1, -0.05) is 41.9 Å². The first-order valence-electron chi connectivity index (χ1n) is 10.7. The maximum Gasteiger partial charge on any atom is 0.258 e. The van der Waals surface area contributed by atoms with Crippen LogP contribution >= 0.6 is 46.4 Å². The summed E-state index contributed by atoms with van der Waals surface area (Å²) in [7, 11) is 0. The van der Waals surface area contributed by atoms with E-state index in [-0.39, 0.29) is 11.0 Å². The summed E-state index contributed by atoms with van der Waals surface area (Å²) >= 11 is 13.8. The molecule has 1 amide bonds. The predicted molar refractivity (Wildman–Crippen MR) is 148 cm³/mol. The summed E-state index contributed by atoms with van der Waals surface area (Å²) in [5, 5.41) is 6.94. The molecular formula is C25H24ClIN4OS. The summed E-state index contributed by atoms with van der Waals surface area (Å²) in [5.74, 6) is -0.219. The summed E-state index contributed by atoms with van der Waals surface area (Å²) in [6.07, 6.45) is 0. The molecule has 0 radical (unpaired) electrons. The van der Waals surface area contributed by atoms with Gasteiger partial charge < -0.3 is 10.2 Å². The second-order valence-corrected chi connectivity index (χ2v) is 9.77. The van der Waals surface area contributed by atoms with E-state index in [1.807, 2.05) is 48.5 Å². The Kier molecular flexibility index (Phi) is 8.19. The third-order valence-electron chi connectivity index (χ3n) is 5.56. The highest BCUT2D eigenvalue weighted by atomic mass is 127. The number of nitrogens with zero attached hydrogens (tertiary/aromatic N) is 2. The number of carbonyl (C=O) groups excluding carboxylic acids is 1. The Morgan fingerprint density at radius 2 is 1.61 bits per heavy atom. The van der Waals surface area contributed by atoms with Gasteiger partial charge in [0.2, 0.25) is 0 Å². The molecule has 3 aromatic carbocycles. The number of benzene rings is 3. The molecule has 0 saturated carbocycles. The molecule has 2 N–H and O–H groups in total. The van der Waals surface area contributed by atoms with E-state index < -0.39 is 0 Å². The molecule has 0 bridgehead atoms. The van der Waals surface area contributed by atoms with Gasteiger partial charge in [-0.2, -0.15) is 0 Å². The zero-order chi connectivity index (χ0) is 23.2. The SMILES string of the molecule is O=C(NC(=S)Nc1ccc(N2CCN(Cc3ccccc3Cl)CC2)cc1)c1ccccc1I. The van der Waals surface area contributed by atoms with Gasteiger partial charge in [0.25, 0.3) is 5.91 Å². The van der Waals surface area contributed by atoms with Gasteiger partial charge in [0.05, 0.1) is 5.56 Å². The number of anilines is 2. The maximum atomic E-state index is 12.4. The largest absolute Gasteiger partial charge is 0.369 e. The summed E-state index contributed by atoms with van der Waals surface area (Å²) in [6.45, 7) is 4.77. The van der Waals surface area contributed by atoms with Gasteiger partial charge >= 0.3 is 0 Å². The molecule has 170 valence electrons. The van der Waals surface area contributed by atoms with Crippen LogP contribution in [0.3, 0.4) is 0 Å². The molecule has 1 fully saturated rings. The summed E-state index contributed by atoms with van der Waals surface area (Å²) in [6, 6.07) is 23.6. The number of rotatable bonds is 5. The van der Waals surface area contributed by atoms with Crippen molar-refractivity contribution in [2.45, 2.75) is 6.54 Å². The number of halogens is 2. The fourth-order valence-corrected chi connectivity index (χ4v) is 4.80. The minimum atomic E-state index is -0.219. The Balaban J connectivity index is 1.27. The van der Waals surface area contributed by atoms with Gasteiger partial charge in [-0.3, -0.25) is 15.0 Å². The highest BCUT2D eigenvalue weighted by molar-refractivity contribution is 14.1. The van der Waals surface area contributed by atoms with E-state index in [0.717, 1.165) is 47.0 Å². The van der Waals surface area contributed by atoms with Crippen molar-refractivity contribution in [3.8, 4) is 0 Å². The topological polar surface area (TPSA) is 47.6 Å². The minimum Gasteiger partial charge on any atom is -0.369 e. The molecule has 5 nitrogen and oxygen atoms in total. The van der Waals surface area contributed by atoms with E-state index in [0.29, 0.717) is 5.56 Å². The van der Waals surface area contributed by atoms with Gasteiger partial charge in [-0.05, 0) is 82.8 Å². The maximum absolute atomic E-state index is 12.4. The Bertz CT molecular complexity index is 1130. The van der Waals surface area contributed by atoms with Crippen molar-refractivity contribution >= 4 is 68.8 Å². The summed E-state index contributed by atoms with van der Waals surface area (Å²) in [5.41, 5.74) is 3.79. The van der Waals surface area contributed by atoms with Crippen molar-refractivity contribution in [3.63, 3.8) is 0 Å². The van der Waals surface area contributed by atoms with Crippen LogP contribution < -0.4 is 15.5 Å². The predicted octanol–water partition coefficient (Wildman–Crippen LogP) is 5.39. The van der Waals surface area contributed by atoms with Crippen molar-refractivity contribution in [1.29, 1.82) is 0 Å². The lowest BCUT2D eigenvalue weighted by Crippen LogP contribution is -2.46. The second kappa shape index (κ2) is 11.3. The molecule has 33 heavy (non-hydrogen) atoms. The first kappa shape index (κ1) is 23.9. The highest BCUT2D eigenvalue weighted by Crippen LogP contribution is 2.22. The van der Waals surface area contributed by atoms with Crippen LogP contribution in [0.4, 0.5) is 11.4 Å². The Hall–Kier alpha value is -2.20. The monoisotopic (exact) mass is 590 g/mol. The van der Waals surface area contributed by atoms with Crippen molar-refractivity contribution in [1.82, 2.24) is 10.2 Å². The number of amides is 1. The number of hydrogen-bond donors (Lipinski definition) is 2. The lowest BCUT2D eigenvalue weighted by molar-refractivity contribution is 0.0977. The smallest absolute Gasteiger partial charge is 0.258 e. The Labute approximate surface area is 218 Å². The molecule has 4 rings (SSSR count). The van der Waals surface area contributed by atoms with Crippen molar-refractivity contribution in [2.75, 3.05) is 36.4 Å². The fraction of sp³-hybridized carbons (Fsp3) is 0.200. The average molecular weight is 591 g/mol. The normalized spacial score (nSPS) is 14.1. The van der Waals surface area contributed by atoms with E-state index in [4.69, 9.17) is 23.8 Å². The number of hydrogen-bond acceptors (Lipinski definition) is 4. The molecule has 1 aliphatic rings. The van der Waals surface area contributed by atoms with Crippen LogP contribution in [0.1, 0.15) is 15.9 Å². The molecule has 0 aliphatic carbocycles. The van der Waals surface area contributed by atoms with E-state index in [2.05, 4.69) is 61.2 Å². The van der Waals surface area contributed by atoms with Crippen LogP contribution in [-0.2, 0) is 6.54 Å². The third-order valence-corrected chi connectivity index (χ3v) is 7.07. The quantitative estimate of drug-likeness (QED) is 0.308. The van der Waals surface area contributed by atoms with Crippen molar-refractivity contribution in [2.24, 2.45) is 0 Å². The van der Waals surface area contributed by atoms with Crippen molar-refractivity contribution in [3.05, 3.63) is 92.5 Å². The molecule has 1 heterocycles. The standard InChI is InChI=1S/C25H24ClIN4OS/c26-22-7-3-1-5-18(22)17-30-13-15-31(16-14-30)20-11-9-19(10-12-20)28-25(33)29-24(32)21-6-2-4-8-23(21)27/h1-12H,13-17H2,(H2,28,29,32,33). The molecular weight excluding hydrogens is 567 g/mol. The van der Waals surface area contributed by atoms with E-state index in [1.54, 1.807) is 6.07 Å². The zero-order valence-corrected chi connectivity index (χ0v) is 21.7. The molecule has 3 aromatic rings. The number of piperazine rings is 1. The van der Waals surface area contributed by atoms with Gasteiger partial charge in [0.15, 0.2) is 5.11 Å². The van der Waals surface area contributed by atoms with E-state index in [9.17, 15) is 4.79 Å². The Morgan fingerprint density at radius 3 is 2.30 bits per heavy atom. The van der Waals surface area contributed by atoms with Gasteiger partial charge in [0, 0.05) is 52.7 Å². The molecule has 1 saturated heterocycles. The van der Waals surface area contributed by atoms with Crippen LogP contribution in [0, 0.1) is 3.57 Å². The molecule has 0 atom stereocenters. The third kappa shape index (κ3) is 6.44. The summed E-state index contributed by atoms with van der Waals surface area (Å²) in [4.78, 5) is 17.2. The van der Waals surface area contributed by atoms with E-state index >= 15 is 0 Å². The number of nitrogens with one attached hydrogen (secondary N) is 2. The molecule has 0 unspecified atom stereocenters. The lowest BCUT2D eigenvalue weighted by atomic mass is 10.2. The van der Waals surface area contributed by atoms with Crippen LogP contribution in [0.5, 0.6) is 0 Å². The van der Waals surface area contributed by atoms with E-state index in [1.165, 1.54) is 11.3 Å². The minimum absolute atomic E-state index is 0.219. The molecule has 0 aromatic heterocycles. The van der Waals surface area contributed by atoms with Crippen LogP contribution in [0.2, 0.25) is 5.02 Å². The fourth-order valence-electron chi connectivity index (χ4n) is 3.77. The molecule has 0 spiro atoms. The average Bonchev–Trinajstić information content (AvgIpc) is 2.82. The second-order valence-electron chi connectivity index (χ2n) is 7.79. The van der Waals surface area contributed by atoms with Crippen LogP contribution in [-0.4, -0.2) is 42.1 Å². The number of carbonyl (C=O) groups is 1. The first-order valence-corrected chi connectivity index (χ1v) is 12.5. The van der Waals surface area contributed by atoms with Gasteiger partial charge in [0.1, 0.15) is 0 Å².